The van der Waals surface area contributed by atoms with Crippen LogP contribution in [0.5, 0.6) is 5.75 Å². The van der Waals surface area contributed by atoms with Gasteiger partial charge in [-0.05, 0) is 37.8 Å². The van der Waals surface area contributed by atoms with Crippen LogP contribution in [0, 0.1) is 0 Å². The van der Waals surface area contributed by atoms with E-state index in [2.05, 4.69) is 14.7 Å². The molecule has 4 N–H and O–H groups in total. The maximum atomic E-state index is 12.9. The van der Waals surface area contributed by atoms with Crippen molar-refractivity contribution in [1.29, 1.82) is 0 Å². The normalized spacial score (nSPS) is 20.2. The van der Waals surface area contributed by atoms with Crippen LogP contribution in [-0.2, 0) is 0 Å². The summed E-state index contributed by atoms with van der Waals surface area (Å²) in [5.74, 6) is -0.560. The van der Waals surface area contributed by atoms with Crippen LogP contribution in [0.25, 0.3) is 0 Å². The molecule has 1 fully saturated rings. The number of hydrogen-bond donors (Lipinski definition) is 2. The number of para-hydroxylation sites is 1. The first-order chi connectivity index (χ1) is 11.7. The second-order valence-corrected chi connectivity index (χ2v) is 6.36. The van der Waals surface area contributed by atoms with Crippen molar-refractivity contribution in [2.24, 2.45) is 21.5 Å². The first kappa shape index (κ1) is 17.7. The maximum Gasteiger partial charge on any atom is 0.573 e. The Labute approximate surface area is 147 Å². The molecule has 3 rings (SSSR count). The summed E-state index contributed by atoms with van der Waals surface area (Å²) in [7, 11) is 0. The summed E-state index contributed by atoms with van der Waals surface area (Å²) in [5, 5.41) is -0.184. The smallest absolute Gasteiger partial charge is 0.402 e. The topological polar surface area (TPSA) is 89.2 Å². The van der Waals surface area contributed by atoms with E-state index < -0.39 is 17.8 Å². The SMILES string of the molecule is NC1=NC2(CCCCC2)N(c2cccc(Cl)c2OC(F)(F)F)C(N)=N1. The standard InChI is InChI=1S/C15H17ClF3N5O/c16-9-5-4-6-10(11(9)25-15(17,18)19)24-13(21)22-12(20)23-14(24)7-2-1-3-8-14/h4-6H,1-3,7-8H2,(H4,20,21,22,23). The van der Waals surface area contributed by atoms with Crippen LogP contribution in [0.2, 0.25) is 5.02 Å². The van der Waals surface area contributed by atoms with Crippen molar-refractivity contribution in [2.75, 3.05) is 4.90 Å². The Balaban J connectivity index is 2.13. The first-order valence-corrected chi connectivity index (χ1v) is 8.14. The zero-order chi connectivity index (χ0) is 18.2. The molecule has 1 aromatic rings. The Kier molecular flexibility index (Phi) is 4.44. The minimum Gasteiger partial charge on any atom is -0.402 e. The van der Waals surface area contributed by atoms with E-state index in [9.17, 15) is 13.2 Å². The second kappa shape index (κ2) is 6.29. The molecule has 0 amide bonds. The number of benzene rings is 1. The highest BCUT2D eigenvalue weighted by Gasteiger charge is 2.45. The summed E-state index contributed by atoms with van der Waals surface area (Å²) in [4.78, 5) is 9.80. The van der Waals surface area contributed by atoms with Gasteiger partial charge in [0.15, 0.2) is 5.75 Å². The van der Waals surface area contributed by atoms with E-state index in [1.54, 1.807) is 0 Å². The summed E-state index contributed by atoms with van der Waals surface area (Å²) in [6.45, 7) is 0. The summed E-state index contributed by atoms with van der Waals surface area (Å²) in [6, 6.07) is 4.28. The van der Waals surface area contributed by atoms with Crippen LogP contribution in [-0.4, -0.2) is 23.9 Å². The second-order valence-electron chi connectivity index (χ2n) is 5.95. The van der Waals surface area contributed by atoms with Crippen LogP contribution in [0.3, 0.4) is 0 Å². The molecule has 0 atom stereocenters. The van der Waals surface area contributed by atoms with E-state index in [0.29, 0.717) is 12.8 Å². The molecule has 0 saturated heterocycles. The van der Waals surface area contributed by atoms with Crippen molar-refractivity contribution >= 4 is 29.2 Å². The highest BCUT2D eigenvalue weighted by molar-refractivity contribution is 6.32. The fourth-order valence-corrected chi connectivity index (χ4v) is 3.57. The van der Waals surface area contributed by atoms with Crippen LogP contribution in [0.4, 0.5) is 18.9 Å². The number of alkyl halides is 3. The lowest BCUT2D eigenvalue weighted by molar-refractivity contribution is -0.274. The molecule has 10 heteroatoms. The maximum absolute atomic E-state index is 12.9. The van der Waals surface area contributed by atoms with E-state index in [4.69, 9.17) is 23.1 Å². The molecule has 1 heterocycles. The number of ether oxygens (including phenoxy) is 1. The lowest BCUT2D eigenvalue weighted by Gasteiger charge is -2.46. The van der Waals surface area contributed by atoms with Gasteiger partial charge in [0, 0.05) is 0 Å². The van der Waals surface area contributed by atoms with Gasteiger partial charge in [-0.1, -0.05) is 24.1 Å². The van der Waals surface area contributed by atoms with Crippen molar-refractivity contribution in [3.63, 3.8) is 0 Å². The molecule has 6 nitrogen and oxygen atoms in total. The number of anilines is 1. The largest absolute Gasteiger partial charge is 0.573 e. The Morgan fingerprint density at radius 3 is 2.48 bits per heavy atom. The Hall–Kier alpha value is -2.16. The molecule has 0 bridgehead atoms. The molecule has 0 aromatic heterocycles. The first-order valence-electron chi connectivity index (χ1n) is 7.76. The fourth-order valence-electron chi connectivity index (χ4n) is 3.36. The van der Waals surface area contributed by atoms with Gasteiger partial charge in [0.05, 0.1) is 10.7 Å². The Morgan fingerprint density at radius 2 is 1.84 bits per heavy atom. The fraction of sp³-hybridized carbons (Fsp3) is 0.467. The lowest BCUT2D eigenvalue weighted by Crippen LogP contribution is -2.58. The number of guanidine groups is 2. The Bertz CT molecular complexity index is 728. The van der Waals surface area contributed by atoms with Gasteiger partial charge in [0.1, 0.15) is 5.66 Å². The summed E-state index contributed by atoms with van der Waals surface area (Å²) in [5.41, 5.74) is 11.0. The lowest BCUT2D eigenvalue weighted by atomic mass is 9.87. The minimum absolute atomic E-state index is 0.0102. The van der Waals surface area contributed by atoms with Gasteiger partial charge in [-0.15, -0.1) is 13.2 Å². The van der Waals surface area contributed by atoms with Crippen LogP contribution < -0.4 is 21.1 Å². The van der Waals surface area contributed by atoms with Gasteiger partial charge in [-0.3, -0.25) is 4.90 Å². The van der Waals surface area contributed by atoms with E-state index >= 15 is 0 Å². The summed E-state index contributed by atoms with van der Waals surface area (Å²) < 4.78 is 42.7. The number of hydrogen-bond acceptors (Lipinski definition) is 6. The molecule has 0 unspecified atom stereocenters. The minimum atomic E-state index is -4.90. The average Bonchev–Trinajstić information content (AvgIpc) is 2.49. The van der Waals surface area contributed by atoms with Crippen LogP contribution in [0.1, 0.15) is 32.1 Å². The quantitative estimate of drug-likeness (QED) is 0.829. The van der Waals surface area contributed by atoms with Crippen molar-refractivity contribution in [2.45, 2.75) is 44.1 Å². The van der Waals surface area contributed by atoms with E-state index in [1.807, 2.05) is 0 Å². The number of halogens is 4. The van der Waals surface area contributed by atoms with Crippen LogP contribution >= 0.6 is 11.6 Å². The number of aliphatic imine (C=N–C) groups is 2. The van der Waals surface area contributed by atoms with Crippen molar-refractivity contribution in [3.05, 3.63) is 23.2 Å². The van der Waals surface area contributed by atoms with Gasteiger partial charge in [-0.25, -0.2) is 4.99 Å². The highest BCUT2D eigenvalue weighted by Crippen LogP contribution is 2.46. The van der Waals surface area contributed by atoms with Gasteiger partial charge in [0.25, 0.3) is 0 Å². The summed E-state index contributed by atoms with van der Waals surface area (Å²) >= 11 is 5.97. The molecule has 1 aliphatic heterocycles. The van der Waals surface area contributed by atoms with Crippen LogP contribution in [0.15, 0.2) is 28.2 Å². The molecule has 0 radical (unpaired) electrons. The average molecular weight is 376 g/mol. The number of nitrogens with two attached hydrogens (primary N) is 2. The third-order valence-electron chi connectivity index (χ3n) is 4.26. The predicted octanol–water partition coefficient (Wildman–Crippen LogP) is 3.35. The molecule has 25 heavy (non-hydrogen) atoms. The van der Waals surface area contributed by atoms with Gasteiger partial charge < -0.3 is 16.2 Å². The van der Waals surface area contributed by atoms with Crippen molar-refractivity contribution in [1.82, 2.24) is 0 Å². The number of rotatable bonds is 2. The highest BCUT2D eigenvalue weighted by atomic mass is 35.5. The molecule has 1 aromatic carbocycles. The third kappa shape index (κ3) is 3.46. The van der Waals surface area contributed by atoms with E-state index in [0.717, 1.165) is 19.3 Å². The summed E-state index contributed by atoms with van der Waals surface area (Å²) in [6.07, 6.45) is -1.04. The molecule has 1 saturated carbocycles. The molecule has 136 valence electrons. The molecular formula is C15H17ClF3N5O. The third-order valence-corrected chi connectivity index (χ3v) is 4.55. The molecular weight excluding hydrogens is 359 g/mol. The predicted molar refractivity (Wildman–Crippen MR) is 89.7 cm³/mol. The van der Waals surface area contributed by atoms with Crippen molar-refractivity contribution < 1.29 is 17.9 Å². The zero-order valence-corrected chi connectivity index (χ0v) is 13.9. The van der Waals surface area contributed by atoms with E-state index in [-0.39, 0.29) is 22.6 Å². The number of nitrogens with zero attached hydrogens (tertiary/aromatic N) is 3. The van der Waals surface area contributed by atoms with Crippen molar-refractivity contribution in [3.8, 4) is 5.75 Å². The zero-order valence-electron chi connectivity index (χ0n) is 13.2. The van der Waals surface area contributed by atoms with Gasteiger partial charge in [-0.2, -0.15) is 4.99 Å². The van der Waals surface area contributed by atoms with Gasteiger partial charge in [0.2, 0.25) is 11.9 Å². The monoisotopic (exact) mass is 375 g/mol. The van der Waals surface area contributed by atoms with Gasteiger partial charge >= 0.3 is 6.36 Å². The molecule has 2 aliphatic rings. The molecule has 1 aliphatic carbocycles. The molecule has 1 spiro atoms. The van der Waals surface area contributed by atoms with E-state index in [1.165, 1.54) is 23.1 Å². The Morgan fingerprint density at radius 1 is 1.16 bits per heavy atom.